The Bertz CT molecular complexity index is 978. The lowest BCUT2D eigenvalue weighted by atomic mass is 10.2. The van der Waals surface area contributed by atoms with Crippen LogP contribution in [0.1, 0.15) is 35.6 Å². The first kappa shape index (κ1) is 19.4. The summed E-state index contributed by atoms with van der Waals surface area (Å²) >= 11 is 7.23. The molecule has 0 saturated heterocycles. The largest absolute Gasteiger partial charge is 0.451 e. The summed E-state index contributed by atoms with van der Waals surface area (Å²) in [6.45, 7) is 5.47. The molecule has 0 aliphatic heterocycles. The summed E-state index contributed by atoms with van der Waals surface area (Å²) in [5, 5.41) is 8.82. The summed E-state index contributed by atoms with van der Waals surface area (Å²) in [6, 6.07) is 9.12. The normalized spacial score (nSPS) is 12.1. The molecule has 0 fully saturated rings. The van der Waals surface area contributed by atoms with E-state index in [1.165, 1.54) is 11.3 Å². The van der Waals surface area contributed by atoms with Crippen molar-refractivity contribution in [3.63, 3.8) is 0 Å². The van der Waals surface area contributed by atoms with E-state index in [0.717, 1.165) is 28.0 Å². The van der Waals surface area contributed by atoms with E-state index in [0.29, 0.717) is 9.90 Å². The Balaban J connectivity index is 1.78. The van der Waals surface area contributed by atoms with Crippen LogP contribution in [0.5, 0.6) is 0 Å². The predicted molar refractivity (Wildman–Crippen MR) is 107 cm³/mol. The molecule has 3 rings (SSSR count). The van der Waals surface area contributed by atoms with E-state index in [4.69, 9.17) is 16.3 Å². The first-order valence-electron chi connectivity index (χ1n) is 8.60. The van der Waals surface area contributed by atoms with Gasteiger partial charge in [-0.15, -0.1) is 11.3 Å². The number of halogens is 1. The molecule has 0 aliphatic carbocycles. The predicted octanol–water partition coefficient (Wildman–Crippen LogP) is 4.12. The molecule has 8 heteroatoms. The third kappa shape index (κ3) is 4.31. The first-order chi connectivity index (χ1) is 12.9. The van der Waals surface area contributed by atoms with Crippen molar-refractivity contribution >= 4 is 45.0 Å². The lowest BCUT2D eigenvalue weighted by Crippen LogP contribution is -2.35. The molecule has 0 aliphatic rings. The number of carbonyl (C=O) groups excluding carboxylic acids is 2. The van der Waals surface area contributed by atoms with E-state index in [9.17, 15) is 9.59 Å². The number of nitrogens with one attached hydrogen (secondary N) is 1. The van der Waals surface area contributed by atoms with Crippen molar-refractivity contribution in [2.24, 2.45) is 0 Å². The van der Waals surface area contributed by atoms with Crippen LogP contribution in [0.25, 0.3) is 15.9 Å². The minimum atomic E-state index is -0.516. The zero-order valence-corrected chi connectivity index (χ0v) is 16.9. The number of ether oxygens (including phenoxy) is 1. The first-order valence-corrected chi connectivity index (χ1v) is 9.80. The van der Waals surface area contributed by atoms with Crippen molar-refractivity contribution in [3.05, 3.63) is 45.9 Å². The molecule has 1 amide bonds. The number of amides is 1. The maximum Gasteiger partial charge on any atom is 0.348 e. The third-order valence-electron chi connectivity index (χ3n) is 4.17. The quantitative estimate of drug-likeness (QED) is 0.626. The molecule has 0 bridgehead atoms. The van der Waals surface area contributed by atoms with Gasteiger partial charge in [0.15, 0.2) is 6.61 Å². The Hall–Kier alpha value is -2.38. The fraction of sp³-hybridized carbons (Fsp3) is 0.316. The number of nitrogens with zero attached hydrogens (tertiary/aromatic N) is 2. The zero-order chi connectivity index (χ0) is 19.6. The van der Waals surface area contributed by atoms with Crippen molar-refractivity contribution in [2.75, 3.05) is 6.61 Å². The highest BCUT2D eigenvalue weighted by molar-refractivity contribution is 7.20. The van der Waals surface area contributed by atoms with Gasteiger partial charge in [-0.3, -0.25) is 4.79 Å². The minimum Gasteiger partial charge on any atom is -0.451 e. The highest BCUT2D eigenvalue weighted by atomic mass is 35.5. The molecule has 1 N–H and O–H groups in total. The molecule has 0 radical (unpaired) electrons. The molecular formula is C19H20ClN3O3S. The topological polar surface area (TPSA) is 73.2 Å². The van der Waals surface area contributed by atoms with Crippen LogP contribution in [0.15, 0.2) is 30.3 Å². The van der Waals surface area contributed by atoms with E-state index in [-0.39, 0.29) is 18.6 Å². The van der Waals surface area contributed by atoms with Crippen LogP contribution in [0.4, 0.5) is 0 Å². The van der Waals surface area contributed by atoms with Crippen LogP contribution in [-0.4, -0.2) is 34.3 Å². The van der Waals surface area contributed by atoms with Gasteiger partial charge in [0.05, 0.1) is 11.4 Å². The highest BCUT2D eigenvalue weighted by Crippen LogP contribution is 2.31. The third-order valence-corrected chi connectivity index (χ3v) is 5.51. The van der Waals surface area contributed by atoms with Gasteiger partial charge in [0.1, 0.15) is 9.71 Å². The fourth-order valence-corrected chi connectivity index (χ4v) is 3.73. The van der Waals surface area contributed by atoms with Crippen molar-refractivity contribution in [1.29, 1.82) is 0 Å². The lowest BCUT2D eigenvalue weighted by Gasteiger charge is -2.11. The molecular weight excluding hydrogens is 386 g/mol. The van der Waals surface area contributed by atoms with Gasteiger partial charge in [0.2, 0.25) is 0 Å². The Morgan fingerprint density at radius 1 is 1.33 bits per heavy atom. The maximum absolute atomic E-state index is 12.3. The van der Waals surface area contributed by atoms with Gasteiger partial charge in [0.25, 0.3) is 5.91 Å². The second-order valence-corrected chi connectivity index (χ2v) is 7.72. The van der Waals surface area contributed by atoms with Gasteiger partial charge in [-0.1, -0.05) is 18.5 Å². The van der Waals surface area contributed by atoms with Crippen LogP contribution < -0.4 is 5.32 Å². The van der Waals surface area contributed by atoms with Gasteiger partial charge < -0.3 is 10.1 Å². The molecule has 3 aromatic rings. The molecule has 2 aromatic heterocycles. The molecule has 142 valence electrons. The van der Waals surface area contributed by atoms with E-state index in [1.54, 1.807) is 22.9 Å². The standard InChI is InChI=1S/C19H20ClN3O3S/c1-4-11(2)21-17(24)10-26-19(25)16-9-15-12(3)22-23(18(15)27-16)14-7-5-13(20)6-8-14/h5-9,11H,4,10H2,1-3H3,(H,21,24). The lowest BCUT2D eigenvalue weighted by molar-refractivity contribution is -0.124. The highest BCUT2D eigenvalue weighted by Gasteiger charge is 2.19. The second kappa shape index (κ2) is 8.10. The number of hydrogen-bond acceptors (Lipinski definition) is 5. The van der Waals surface area contributed by atoms with Crippen LogP contribution >= 0.6 is 22.9 Å². The van der Waals surface area contributed by atoms with E-state index in [1.807, 2.05) is 32.9 Å². The van der Waals surface area contributed by atoms with E-state index < -0.39 is 5.97 Å². The van der Waals surface area contributed by atoms with Gasteiger partial charge in [-0.25, -0.2) is 9.48 Å². The van der Waals surface area contributed by atoms with Crippen LogP contribution in [0.3, 0.4) is 0 Å². The van der Waals surface area contributed by atoms with Crippen molar-refractivity contribution in [1.82, 2.24) is 15.1 Å². The zero-order valence-electron chi connectivity index (χ0n) is 15.3. The fourth-order valence-electron chi connectivity index (χ4n) is 2.53. The second-order valence-electron chi connectivity index (χ2n) is 6.26. The van der Waals surface area contributed by atoms with E-state index in [2.05, 4.69) is 10.4 Å². The number of aromatic nitrogens is 2. The van der Waals surface area contributed by atoms with Gasteiger partial charge in [0, 0.05) is 16.5 Å². The van der Waals surface area contributed by atoms with Crippen LogP contribution in [-0.2, 0) is 9.53 Å². The number of fused-ring (bicyclic) bond motifs is 1. The Labute approximate surface area is 166 Å². The summed E-state index contributed by atoms with van der Waals surface area (Å²) in [5.74, 6) is -0.820. The molecule has 2 heterocycles. The minimum absolute atomic E-state index is 0.0496. The van der Waals surface area contributed by atoms with Crippen molar-refractivity contribution in [3.8, 4) is 5.69 Å². The van der Waals surface area contributed by atoms with Gasteiger partial charge >= 0.3 is 5.97 Å². The Morgan fingerprint density at radius 3 is 2.70 bits per heavy atom. The molecule has 1 aromatic carbocycles. The number of rotatable bonds is 6. The SMILES string of the molecule is CCC(C)NC(=O)COC(=O)c1cc2c(C)nn(-c3ccc(Cl)cc3)c2s1. The average molecular weight is 406 g/mol. The number of thiophene rings is 1. The van der Waals surface area contributed by atoms with E-state index >= 15 is 0 Å². The van der Waals surface area contributed by atoms with Gasteiger partial charge in [-0.05, 0) is 50.6 Å². The van der Waals surface area contributed by atoms with Crippen molar-refractivity contribution in [2.45, 2.75) is 33.2 Å². The Kier molecular flexibility index (Phi) is 5.82. The average Bonchev–Trinajstić information content (AvgIpc) is 3.21. The summed E-state index contributed by atoms with van der Waals surface area (Å²) in [6.07, 6.45) is 0.816. The number of benzene rings is 1. The monoisotopic (exact) mass is 405 g/mol. The number of aryl methyl sites for hydroxylation is 1. The van der Waals surface area contributed by atoms with Crippen LogP contribution in [0, 0.1) is 6.92 Å². The summed E-state index contributed by atoms with van der Waals surface area (Å²) in [5.41, 5.74) is 1.66. The maximum atomic E-state index is 12.3. The smallest absolute Gasteiger partial charge is 0.348 e. The van der Waals surface area contributed by atoms with Crippen LogP contribution in [0.2, 0.25) is 5.02 Å². The number of carbonyl (C=O) groups is 2. The van der Waals surface area contributed by atoms with Gasteiger partial charge in [-0.2, -0.15) is 5.10 Å². The summed E-state index contributed by atoms with van der Waals surface area (Å²) < 4.78 is 6.92. The Morgan fingerprint density at radius 2 is 2.04 bits per heavy atom. The summed E-state index contributed by atoms with van der Waals surface area (Å²) in [4.78, 5) is 25.4. The summed E-state index contributed by atoms with van der Waals surface area (Å²) in [7, 11) is 0. The number of hydrogen-bond donors (Lipinski definition) is 1. The number of esters is 1. The van der Waals surface area contributed by atoms with Crippen molar-refractivity contribution < 1.29 is 14.3 Å². The molecule has 6 nitrogen and oxygen atoms in total. The molecule has 1 unspecified atom stereocenters. The molecule has 27 heavy (non-hydrogen) atoms. The molecule has 0 saturated carbocycles. The molecule has 1 atom stereocenters. The molecule has 0 spiro atoms.